The Morgan fingerprint density at radius 1 is 0.833 bits per heavy atom. The Hall–Kier alpha value is -2.73. The van der Waals surface area contributed by atoms with E-state index in [1.165, 1.54) is 16.7 Å². The van der Waals surface area contributed by atoms with Gasteiger partial charge in [-0.1, -0.05) is 53.2 Å². The fraction of sp³-hybridized carbons (Fsp3) is 0.0435. The second-order valence-electron chi connectivity index (χ2n) is 6.63. The first-order chi connectivity index (χ1) is 14.4. The lowest BCUT2D eigenvalue weighted by molar-refractivity contribution is -0.120. The lowest BCUT2D eigenvalue weighted by Gasteiger charge is -2.15. The van der Waals surface area contributed by atoms with Crippen LogP contribution in [0.2, 0.25) is 10.0 Å². The van der Waals surface area contributed by atoms with Crippen molar-refractivity contribution in [3.63, 3.8) is 0 Å². The summed E-state index contributed by atoms with van der Waals surface area (Å²) in [6, 6.07) is 21.3. The molecule has 2 amide bonds. The zero-order chi connectivity index (χ0) is 21.3. The highest BCUT2D eigenvalue weighted by Crippen LogP contribution is 2.38. The molecule has 7 heteroatoms. The van der Waals surface area contributed by atoms with E-state index < -0.39 is 5.91 Å². The molecule has 3 aromatic carbocycles. The normalized spacial score (nSPS) is 13.9. The zero-order valence-corrected chi connectivity index (χ0v) is 18.2. The van der Waals surface area contributed by atoms with E-state index in [9.17, 15) is 9.59 Å². The van der Waals surface area contributed by atoms with Crippen molar-refractivity contribution >= 4 is 58.2 Å². The average Bonchev–Trinajstić information content (AvgIpc) is 2.96. The van der Waals surface area contributed by atoms with Crippen molar-refractivity contribution in [3.05, 3.63) is 99.0 Å². The van der Waals surface area contributed by atoms with E-state index in [2.05, 4.69) is 5.32 Å². The molecule has 0 unspecified atom stereocenters. The summed E-state index contributed by atoms with van der Waals surface area (Å²) in [5.41, 5.74) is 2.32. The molecule has 1 N–H and O–H groups in total. The summed E-state index contributed by atoms with van der Waals surface area (Å²) in [7, 11) is 0. The highest BCUT2D eigenvalue weighted by atomic mass is 35.5. The van der Waals surface area contributed by atoms with Gasteiger partial charge < -0.3 is 5.32 Å². The number of nitrogens with zero attached hydrogens (tertiary/aromatic N) is 1. The number of rotatable bonds is 5. The minimum Gasteiger partial charge on any atom is -0.350 e. The number of para-hydroxylation sites is 1. The van der Waals surface area contributed by atoms with Gasteiger partial charge in [-0.2, -0.15) is 0 Å². The minimum atomic E-state index is -0.406. The number of hydrogen-bond donors (Lipinski definition) is 1. The number of amides is 2. The number of carbonyl (C=O) groups excluding carboxylic acids is 2. The Bertz CT molecular complexity index is 1160. The topological polar surface area (TPSA) is 49.4 Å². The van der Waals surface area contributed by atoms with E-state index in [0.717, 1.165) is 10.5 Å². The van der Waals surface area contributed by atoms with Crippen molar-refractivity contribution in [3.8, 4) is 0 Å². The molecule has 4 rings (SSSR count). The van der Waals surface area contributed by atoms with Crippen LogP contribution in [-0.4, -0.2) is 11.8 Å². The van der Waals surface area contributed by atoms with E-state index in [-0.39, 0.29) is 11.6 Å². The van der Waals surface area contributed by atoms with E-state index >= 15 is 0 Å². The molecular weight excluding hydrogens is 439 g/mol. The molecule has 1 aliphatic rings. The van der Waals surface area contributed by atoms with Crippen LogP contribution in [0.1, 0.15) is 5.56 Å². The van der Waals surface area contributed by atoms with Crippen LogP contribution >= 0.6 is 35.0 Å². The number of halogens is 2. The Labute approximate surface area is 188 Å². The Kier molecular flexibility index (Phi) is 5.86. The number of anilines is 2. The van der Waals surface area contributed by atoms with Gasteiger partial charge in [0.05, 0.1) is 5.69 Å². The predicted octanol–water partition coefficient (Wildman–Crippen LogP) is 6.29. The molecule has 3 aromatic rings. The van der Waals surface area contributed by atoms with Gasteiger partial charge in [0.2, 0.25) is 0 Å². The number of hydrogen-bond acceptors (Lipinski definition) is 4. The van der Waals surface area contributed by atoms with E-state index in [1.54, 1.807) is 54.6 Å². The number of thioether (sulfide) groups is 1. The second-order valence-corrected chi connectivity index (χ2v) is 8.58. The summed E-state index contributed by atoms with van der Waals surface area (Å²) in [4.78, 5) is 28.9. The molecule has 0 aliphatic carbocycles. The summed E-state index contributed by atoms with van der Waals surface area (Å²) in [6.45, 7) is 1.89. The van der Waals surface area contributed by atoms with Crippen LogP contribution in [0.4, 0.5) is 11.4 Å². The van der Waals surface area contributed by atoms with Gasteiger partial charge in [0.1, 0.15) is 10.6 Å². The molecule has 1 aliphatic heterocycles. The van der Waals surface area contributed by atoms with Gasteiger partial charge in [-0.25, -0.2) is 4.90 Å². The van der Waals surface area contributed by atoms with Gasteiger partial charge in [0.15, 0.2) is 0 Å². The number of nitrogens with one attached hydrogen (secondary N) is 1. The second kappa shape index (κ2) is 8.56. The van der Waals surface area contributed by atoms with Crippen LogP contribution in [0.3, 0.4) is 0 Å². The molecule has 4 nitrogen and oxygen atoms in total. The van der Waals surface area contributed by atoms with Crippen LogP contribution in [-0.2, 0) is 9.59 Å². The quantitative estimate of drug-likeness (QED) is 0.460. The minimum absolute atomic E-state index is 0.231. The molecular formula is C23H16Cl2N2O2S. The maximum Gasteiger partial charge on any atom is 0.283 e. The molecule has 0 radical (unpaired) electrons. The van der Waals surface area contributed by atoms with Crippen molar-refractivity contribution in [1.82, 2.24) is 0 Å². The highest BCUT2D eigenvalue weighted by molar-refractivity contribution is 8.04. The monoisotopic (exact) mass is 454 g/mol. The molecule has 0 fully saturated rings. The fourth-order valence-electron chi connectivity index (χ4n) is 3.05. The van der Waals surface area contributed by atoms with E-state index in [0.29, 0.717) is 26.3 Å². The van der Waals surface area contributed by atoms with Crippen LogP contribution in [0.25, 0.3) is 0 Å². The Morgan fingerprint density at radius 3 is 2.17 bits per heavy atom. The summed E-state index contributed by atoms with van der Waals surface area (Å²) >= 11 is 13.3. The third-order valence-corrected chi connectivity index (χ3v) is 6.12. The molecule has 0 atom stereocenters. The summed E-state index contributed by atoms with van der Waals surface area (Å²) < 4.78 is 0. The van der Waals surface area contributed by atoms with Crippen molar-refractivity contribution in [2.75, 3.05) is 10.2 Å². The van der Waals surface area contributed by atoms with Gasteiger partial charge in [0, 0.05) is 20.6 Å². The fourth-order valence-corrected chi connectivity index (χ4v) is 4.33. The lowest BCUT2D eigenvalue weighted by atomic mass is 10.2. The lowest BCUT2D eigenvalue weighted by Crippen LogP contribution is -2.32. The molecule has 30 heavy (non-hydrogen) atoms. The van der Waals surface area contributed by atoms with Crippen LogP contribution in [0.5, 0.6) is 0 Å². The Morgan fingerprint density at radius 2 is 1.50 bits per heavy atom. The van der Waals surface area contributed by atoms with Crippen LogP contribution in [0, 0.1) is 6.92 Å². The third kappa shape index (κ3) is 4.10. The van der Waals surface area contributed by atoms with Crippen molar-refractivity contribution < 1.29 is 9.59 Å². The molecule has 0 saturated carbocycles. The Balaban J connectivity index is 1.76. The first kappa shape index (κ1) is 20.5. The van der Waals surface area contributed by atoms with Crippen molar-refractivity contribution in [2.24, 2.45) is 0 Å². The highest BCUT2D eigenvalue weighted by Gasteiger charge is 2.40. The molecule has 150 valence electrons. The third-order valence-electron chi connectivity index (χ3n) is 4.54. The summed E-state index contributed by atoms with van der Waals surface area (Å²) in [6.07, 6.45) is 0. The molecule has 0 spiro atoms. The number of carbonyl (C=O) groups is 2. The van der Waals surface area contributed by atoms with Gasteiger partial charge in [-0.3, -0.25) is 9.59 Å². The average molecular weight is 455 g/mol. The molecule has 1 heterocycles. The maximum absolute atomic E-state index is 13.3. The van der Waals surface area contributed by atoms with Crippen LogP contribution in [0.15, 0.2) is 88.3 Å². The van der Waals surface area contributed by atoms with Crippen molar-refractivity contribution in [1.29, 1.82) is 0 Å². The molecule has 0 saturated heterocycles. The predicted molar refractivity (Wildman–Crippen MR) is 123 cm³/mol. The van der Waals surface area contributed by atoms with Crippen molar-refractivity contribution in [2.45, 2.75) is 11.8 Å². The molecule has 0 bridgehead atoms. The number of benzene rings is 3. The standard InChI is InChI=1S/C23H16Cl2N2O2S/c1-14-13-16(25)9-12-19(14)26-20-21(30-18-10-7-15(24)8-11-18)23(29)27(22(20)28)17-5-3-2-4-6-17/h2-13,26H,1H3. The zero-order valence-electron chi connectivity index (χ0n) is 15.9. The van der Waals surface area contributed by atoms with Gasteiger partial charge in [-0.15, -0.1) is 0 Å². The summed E-state index contributed by atoms with van der Waals surface area (Å²) in [5.74, 6) is -0.780. The summed E-state index contributed by atoms with van der Waals surface area (Å²) in [5, 5.41) is 4.36. The first-order valence-corrected chi connectivity index (χ1v) is 10.7. The smallest absolute Gasteiger partial charge is 0.283 e. The van der Waals surface area contributed by atoms with E-state index in [1.807, 2.05) is 25.1 Å². The van der Waals surface area contributed by atoms with Gasteiger partial charge in [0.25, 0.3) is 11.8 Å². The number of imide groups is 1. The molecule has 0 aromatic heterocycles. The van der Waals surface area contributed by atoms with E-state index in [4.69, 9.17) is 23.2 Å². The van der Waals surface area contributed by atoms with Gasteiger partial charge in [-0.05, 0) is 67.1 Å². The first-order valence-electron chi connectivity index (χ1n) is 9.09. The number of aryl methyl sites for hydroxylation is 1. The largest absolute Gasteiger partial charge is 0.350 e. The maximum atomic E-state index is 13.3. The van der Waals surface area contributed by atoms with Gasteiger partial charge >= 0.3 is 0 Å². The van der Waals surface area contributed by atoms with Crippen LogP contribution < -0.4 is 10.2 Å². The SMILES string of the molecule is Cc1cc(Cl)ccc1NC1=C(Sc2ccc(Cl)cc2)C(=O)N(c2ccccc2)C1=O.